The van der Waals surface area contributed by atoms with Gasteiger partial charge >= 0.3 is 0 Å². The molecular weight excluding hydrogens is 412 g/mol. The molecule has 1 heterocycles. The summed E-state index contributed by atoms with van der Waals surface area (Å²) in [6.45, 7) is 0. The molecule has 33 heavy (non-hydrogen) atoms. The van der Waals surface area contributed by atoms with Gasteiger partial charge < -0.3 is 10.2 Å². The van der Waals surface area contributed by atoms with Crippen LogP contribution in [-0.2, 0) is 10.3 Å². The van der Waals surface area contributed by atoms with Gasteiger partial charge in [-0.05, 0) is 35.4 Å². The third kappa shape index (κ3) is 3.31. The van der Waals surface area contributed by atoms with Crippen molar-refractivity contribution in [1.82, 2.24) is 10.0 Å². The Kier molecular flexibility index (Phi) is 5.05. The van der Waals surface area contributed by atoms with Crippen LogP contribution in [0.2, 0.25) is 0 Å². The zero-order chi connectivity index (χ0) is 22.9. The smallest absolute Gasteiger partial charge is 0.162 e. The van der Waals surface area contributed by atoms with E-state index in [4.69, 9.17) is 0 Å². The molecule has 162 valence electrons. The van der Waals surface area contributed by atoms with Crippen LogP contribution in [0.3, 0.4) is 0 Å². The third-order valence-electron chi connectivity index (χ3n) is 6.16. The molecule has 0 saturated heterocycles. The van der Waals surface area contributed by atoms with Gasteiger partial charge in [0.25, 0.3) is 0 Å². The van der Waals surface area contributed by atoms with E-state index in [0.29, 0.717) is 5.57 Å². The molecule has 0 amide bonds. The summed E-state index contributed by atoms with van der Waals surface area (Å²) >= 11 is 0. The quantitative estimate of drug-likeness (QED) is 0.295. The lowest BCUT2D eigenvalue weighted by atomic mass is 9.78. The first-order valence-electron chi connectivity index (χ1n) is 10.7. The summed E-state index contributed by atoms with van der Waals surface area (Å²) in [6, 6.07) is 33.5. The van der Waals surface area contributed by atoms with Crippen molar-refractivity contribution in [3.63, 3.8) is 0 Å². The Balaban J connectivity index is 1.83. The number of para-hydroxylation sites is 2. The number of quaternary nitrogens is 1. The summed E-state index contributed by atoms with van der Waals surface area (Å²) in [5.74, 6) is 0.280. The second-order valence-corrected chi connectivity index (χ2v) is 8.05. The predicted octanol–water partition coefficient (Wildman–Crippen LogP) is 5.28. The van der Waals surface area contributed by atoms with Crippen LogP contribution in [0.1, 0.15) is 11.1 Å². The number of rotatable bonds is 5. The van der Waals surface area contributed by atoms with Crippen LogP contribution in [0.5, 0.6) is 11.5 Å². The van der Waals surface area contributed by atoms with Crippen molar-refractivity contribution in [1.29, 1.82) is 0 Å². The molecule has 0 radical (unpaired) electrons. The molecule has 0 atom stereocenters. The van der Waals surface area contributed by atoms with Crippen LogP contribution in [0.15, 0.2) is 121 Å². The highest BCUT2D eigenvalue weighted by Crippen LogP contribution is 2.48. The maximum Gasteiger partial charge on any atom is 0.162 e. The Morgan fingerprint density at radius 2 is 1.06 bits per heavy atom. The van der Waals surface area contributed by atoms with E-state index in [-0.39, 0.29) is 16.1 Å². The molecular formula is C28H23N2O3+. The lowest BCUT2D eigenvalue weighted by molar-refractivity contribution is -0.105. The highest BCUT2D eigenvalue weighted by atomic mass is 16.3. The molecule has 0 spiro atoms. The van der Waals surface area contributed by atoms with Gasteiger partial charge in [0, 0.05) is 24.3 Å². The molecule has 0 fully saturated rings. The largest absolute Gasteiger partial charge is 0.508 e. The first-order valence-corrected chi connectivity index (χ1v) is 10.7. The molecule has 4 aromatic rings. The lowest BCUT2D eigenvalue weighted by Crippen LogP contribution is -2.56. The molecule has 3 N–H and O–H groups in total. The number of aldehydes is 1. The number of nitrogens with zero attached hydrogens (tertiary/aromatic N) is 1. The fraction of sp³-hybridized carbons (Fsp3) is 0.0357. The van der Waals surface area contributed by atoms with Crippen LogP contribution < -0.4 is 10.0 Å². The van der Waals surface area contributed by atoms with Crippen molar-refractivity contribution < 1.29 is 15.0 Å². The average molecular weight is 436 g/mol. The van der Waals surface area contributed by atoms with Gasteiger partial charge in [0.2, 0.25) is 0 Å². The maximum atomic E-state index is 12.6. The van der Waals surface area contributed by atoms with Crippen LogP contribution >= 0.6 is 0 Å². The number of nitrogens with one attached hydrogen (secondary N) is 1. The van der Waals surface area contributed by atoms with Gasteiger partial charge in [0.1, 0.15) is 17.7 Å². The van der Waals surface area contributed by atoms with E-state index in [0.717, 1.165) is 28.8 Å². The molecule has 5 nitrogen and oxygen atoms in total. The highest BCUT2D eigenvalue weighted by Gasteiger charge is 2.54. The Bertz CT molecular complexity index is 1210. The Hall–Kier alpha value is -4.19. The van der Waals surface area contributed by atoms with Crippen molar-refractivity contribution in [3.05, 3.63) is 132 Å². The van der Waals surface area contributed by atoms with Crippen molar-refractivity contribution in [2.45, 2.75) is 5.54 Å². The normalized spacial score (nSPS) is 16.2. The third-order valence-corrected chi connectivity index (χ3v) is 6.16. The summed E-state index contributed by atoms with van der Waals surface area (Å²) in [5.41, 5.74) is 6.70. The van der Waals surface area contributed by atoms with Crippen molar-refractivity contribution in [3.8, 4) is 11.5 Å². The predicted molar refractivity (Wildman–Crippen MR) is 129 cm³/mol. The minimum absolute atomic E-state index is 0.109. The van der Waals surface area contributed by atoms with Gasteiger partial charge in [-0.3, -0.25) is 4.79 Å². The zero-order valence-corrected chi connectivity index (χ0v) is 17.8. The summed E-state index contributed by atoms with van der Waals surface area (Å²) in [5, 5.41) is 19.9. The SMILES string of the molecule is O=CC1=C[N+](c2ccccc2)(c2ccccc2)NC1(c1ccc(O)cc1)c1ccc(O)cc1. The second-order valence-electron chi connectivity index (χ2n) is 8.05. The Labute approximate surface area is 192 Å². The summed E-state index contributed by atoms with van der Waals surface area (Å²) in [4.78, 5) is 12.6. The summed E-state index contributed by atoms with van der Waals surface area (Å²) in [6.07, 6.45) is 2.80. The van der Waals surface area contributed by atoms with Gasteiger partial charge in [0.15, 0.2) is 23.2 Å². The Morgan fingerprint density at radius 3 is 1.45 bits per heavy atom. The van der Waals surface area contributed by atoms with E-state index < -0.39 is 5.54 Å². The molecule has 0 unspecified atom stereocenters. The molecule has 0 saturated carbocycles. The molecule has 0 aromatic heterocycles. The second kappa shape index (κ2) is 8.06. The standard InChI is InChI=1S/C28H22N2O3/c31-20-23-19-30(24-7-3-1-4-8-24,25-9-5-2-6-10-25)29-28(23,21-11-15-26(32)16-12-21)22-13-17-27(33)18-14-22/h1-20,29H,(H-,32,33)/p+1. The first-order chi connectivity index (χ1) is 16.1. The van der Waals surface area contributed by atoms with Crippen molar-refractivity contribution in [2.24, 2.45) is 0 Å². The number of phenolic OH excluding ortho intramolecular Hbond substituents is 2. The fourth-order valence-corrected chi connectivity index (χ4v) is 4.59. The molecule has 5 rings (SSSR count). The van der Waals surface area contributed by atoms with Gasteiger partial charge in [-0.25, -0.2) is 0 Å². The van der Waals surface area contributed by atoms with E-state index >= 15 is 0 Å². The number of phenols is 2. The van der Waals surface area contributed by atoms with Gasteiger partial charge in [-0.1, -0.05) is 60.7 Å². The lowest BCUT2D eigenvalue weighted by Gasteiger charge is -2.37. The Morgan fingerprint density at radius 1 is 0.636 bits per heavy atom. The first kappa shape index (κ1) is 20.7. The summed E-state index contributed by atoms with van der Waals surface area (Å²) < 4.78 is 0.109. The van der Waals surface area contributed by atoms with E-state index in [1.807, 2.05) is 91.1 Å². The zero-order valence-electron chi connectivity index (χ0n) is 17.8. The van der Waals surface area contributed by atoms with Crippen LogP contribution in [0, 0.1) is 0 Å². The van der Waals surface area contributed by atoms with E-state index in [2.05, 4.69) is 5.43 Å². The van der Waals surface area contributed by atoms with Gasteiger partial charge in [-0.2, -0.15) is 4.59 Å². The number of hydrogen-bond acceptors (Lipinski definition) is 4. The monoisotopic (exact) mass is 435 g/mol. The number of hydrogen-bond donors (Lipinski definition) is 3. The van der Waals surface area contributed by atoms with Crippen LogP contribution in [0.4, 0.5) is 11.4 Å². The van der Waals surface area contributed by atoms with Gasteiger partial charge in [-0.15, -0.1) is 5.43 Å². The molecule has 5 heteroatoms. The van der Waals surface area contributed by atoms with E-state index in [9.17, 15) is 15.0 Å². The number of carbonyl (C=O) groups is 1. The van der Waals surface area contributed by atoms with Crippen molar-refractivity contribution >= 4 is 17.7 Å². The molecule has 1 aliphatic heterocycles. The minimum atomic E-state index is -1.03. The topological polar surface area (TPSA) is 69.6 Å². The highest BCUT2D eigenvalue weighted by molar-refractivity contribution is 5.84. The van der Waals surface area contributed by atoms with Crippen LogP contribution in [-0.4, -0.2) is 16.5 Å². The number of aromatic hydroxyl groups is 2. The maximum absolute atomic E-state index is 12.6. The average Bonchev–Trinajstić information content (AvgIpc) is 3.24. The molecule has 0 bridgehead atoms. The fourth-order valence-electron chi connectivity index (χ4n) is 4.59. The molecule has 0 aliphatic carbocycles. The van der Waals surface area contributed by atoms with Crippen LogP contribution in [0.25, 0.3) is 0 Å². The summed E-state index contributed by atoms with van der Waals surface area (Å²) in [7, 11) is 0. The molecule has 1 aliphatic rings. The van der Waals surface area contributed by atoms with Crippen molar-refractivity contribution in [2.75, 3.05) is 0 Å². The number of carbonyl (C=O) groups excluding carboxylic acids is 1. The van der Waals surface area contributed by atoms with Gasteiger partial charge in [0.05, 0.1) is 5.57 Å². The molecule has 4 aromatic carbocycles. The van der Waals surface area contributed by atoms with E-state index in [1.54, 1.807) is 24.3 Å². The van der Waals surface area contributed by atoms with E-state index in [1.165, 1.54) is 0 Å². The number of benzene rings is 4. The minimum Gasteiger partial charge on any atom is -0.508 e.